The van der Waals surface area contributed by atoms with Crippen LogP contribution in [0.2, 0.25) is 0 Å². The van der Waals surface area contributed by atoms with Gasteiger partial charge in [0.1, 0.15) is 0 Å². The zero-order valence-corrected chi connectivity index (χ0v) is 9.88. The molecule has 1 heterocycles. The molecule has 0 radical (unpaired) electrons. The summed E-state index contributed by atoms with van der Waals surface area (Å²) in [6.07, 6.45) is 1.17. The zero-order chi connectivity index (χ0) is 12.0. The quantitative estimate of drug-likeness (QED) is 0.767. The molecule has 0 spiro atoms. The molecule has 5 nitrogen and oxygen atoms in total. The minimum Gasteiger partial charge on any atom is -0.481 e. The van der Waals surface area contributed by atoms with Crippen LogP contribution in [-0.4, -0.2) is 50.6 Å². The Bertz CT molecular complexity index is 320. The average molecular weight is 226 g/mol. The van der Waals surface area contributed by atoms with Gasteiger partial charge in [-0.05, 0) is 6.07 Å². The maximum Gasteiger partial charge on any atom is 0.214 e. The third kappa shape index (κ3) is 3.67. The van der Waals surface area contributed by atoms with Crippen LogP contribution in [0, 0.1) is 0 Å². The molecule has 0 amide bonds. The van der Waals surface area contributed by atoms with Crippen molar-refractivity contribution < 1.29 is 14.6 Å². The Balaban J connectivity index is 2.61. The Hall–Kier alpha value is -1.33. The summed E-state index contributed by atoms with van der Waals surface area (Å²) in [4.78, 5) is 5.94. The lowest BCUT2D eigenvalue weighted by molar-refractivity contribution is 0.0695. The van der Waals surface area contributed by atoms with E-state index in [-0.39, 0.29) is 0 Å². The zero-order valence-electron chi connectivity index (χ0n) is 9.88. The Morgan fingerprint density at radius 1 is 1.50 bits per heavy atom. The Morgan fingerprint density at radius 3 is 2.88 bits per heavy atom. The van der Waals surface area contributed by atoms with E-state index in [1.54, 1.807) is 20.4 Å². The van der Waals surface area contributed by atoms with Crippen LogP contribution < -0.4 is 9.64 Å². The largest absolute Gasteiger partial charge is 0.481 e. The van der Waals surface area contributed by atoms with Crippen LogP contribution in [0.3, 0.4) is 0 Å². The maximum atomic E-state index is 9.59. The van der Waals surface area contributed by atoms with E-state index in [1.807, 2.05) is 24.1 Å². The fourth-order valence-electron chi connectivity index (χ4n) is 1.41. The summed E-state index contributed by atoms with van der Waals surface area (Å²) < 4.78 is 9.90. The van der Waals surface area contributed by atoms with E-state index >= 15 is 0 Å². The molecule has 1 unspecified atom stereocenters. The molecule has 5 heteroatoms. The SMILES string of the molecule is COCC(O)CN(C)c1ccnc(OC)c1. The summed E-state index contributed by atoms with van der Waals surface area (Å²) in [5.41, 5.74) is 0.946. The standard InChI is InChI=1S/C11H18N2O3/c1-13(7-10(14)8-15-2)9-4-5-12-11(6-9)16-3/h4-6,10,14H,7-8H2,1-3H3. The van der Waals surface area contributed by atoms with Crippen molar-refractivity contribution in [2.45, 2.75) is 6.10 Å². The van der Waals surface area contributed by atoms with Gasteiger partial charge in [0.2, 0.25) is 5.88 Å². The number of hydrogen-bond acceptors (Lipinski definition) is 5. The number of methoxy groups -OCH3 is 2. The molecule has 0 saturated heterocycles. The van der Waals surface area contributed by atoms with Crippen LogP contribution in [-0.2, 0) is 4.74 Å². The van der Waals surface area contributed by atoms with E-state index in [0.29, 0.717) is 19.0 Å². The predicted molar refractivity (Wildman–Crippen MR) is 61.9 cm³/mol. The first-order valence-electron chi connectivity index (χ1n) is 5.05. The number of aliphatic hydroxyl groups is 1. The van der Waals surface area contributed by atoms with Crippen molar-refractivity contribution in [3.8, 4) is 5.88 Å². The Morgan fingerprint density at radius 2 is 2.25 bits per heavy atom. The number of pyridine rings is 1. The highest BCUT2D eigenvalue weighted by atomic mass is 16.5. The molecule has 1 atom stereocenters. The van der Waals surface area contributed by atoms with Crippen molar-refractivity contribution in [2.24, 2.45) is 0 Å². The highest BCUT2D eigenvalue weighted by Gasteiger charge is 2.09. The molecule has 0 aliphatic rings. The molecule has 1 aromatic heterocycles. The summed E-state index contributed by atoms with van der Waals surface area (Å²) in [5.74, 6) is 0.561. The monoisotopic (exact) mass is 226 g/mol. The fourth-order valence-corrected chi connectivity index (χ4v) is 1.41. The van der Waals surface area contributed by atoms with E-state index in [0.717, 1.165) is 5.69 Å². The summed E-state index contributed by atoms with van der Waals surface area (Å²) in [6, 6.07) is 3.68. The average Bonchev–Trinajstić information content (AvgIpc) is 2.29. The van der Waals surface area contributed by atoms with Gasteiger partial charge in [-0.15, -0.1) is 0 Å². The first-order valence-corrected chi connectivity index (χ1v) is 5.05. The molecule has 16 heavy (non-hydrogen) atoms. The first-order chi connectivity index (χ1) is 7.67. The van der Waals surface area contributed by atoms with Gasteiger partial charge < -0.3 is 19.5 Å². The van der Waals surface area contributed by atoms with Gasteiger partial charge in [0.15, 0.2) is 0 Å². The Kier molecular flexibility index (Phi) is 5.01. The second-order valence-corrected chi connectivity index (χ2v) is 3.55. The molecule has 1 aromatic rings. The number of hydrogen-bond donors (Lipinski definition) is 1. The number of aromatic nitrogens is 1. The van der Waals surface area contributed by atoms with Crippen molar-refractivity contribution in [3.05, 3.63) is 18.3 Å². The van der Waals surface area contributed by atoms with Gasteiger partial charge in [-0.25, -0.2) is 4.98 Å². The van der Waals surface area contributed by atoms with Gasteiger partial charge >= 0.3 is 0 Å². The number of aliphatic hydroxyl groups excluding tert-OH is 1. The van der Waals surface area contributed by atoms with E-state index in [4.69, 9.17) is 9.47 Å². The Labute approximate surface area is 95.6 Å². The second kappa shape index (κ2) is 6.30. The molecular weight excluding hydrogens is 208 g/mol. The molecule has 0 aromatic carbocycles. The summed E-state index contributed by atoms with van der Waals surface area (Å²) >= 11 is 0. The van der Waals surface area contributed by atoms with Gasteiger partial charge in [-0.1, -0.05) is 0 Å². The summed E-state index contributed by atoms with van der Waals surface area (Å²) in [7, 11) is 5.04. The molecule has 0 bridgehead atoms. The van der Waals surface area contributed by atoms with E-state index < -0.39 is 6.10 Å². The summed E-state index contributed by atoms with van der Waals surface area (Å²) in [6.45, 7) is 0.827. The molecule has 90 valence electrons. The van der Waals surface area contributed by atoms with Gasteiger partial charge in [0.05, 0.1) is 19.8 Å². The van der Waals surface area contributed by atoms with Gasteiger partial charge in [0.25, 0.3) is 0 Å². The molecule has 0 aliphatic carbocycles. The lowest BCUT2D eigenvalue weighted by Gasteiger charge is -2.22. The predicted octanol–water partition coefficient (Wildman–Crippen LogP) is 0.534. The minimum absolute atomic E-state index is 0.326. The van der Waals surface area contributed by atoms with Crippen molar-refractivity contribution in [2.75, 3.05) is 39.3 Å². The molecule has 0 saturated carbocycles. The third-order valence-electron chi connectivity index (χ3n) is 2.21. The molecule has 1 rings (SSSR count). The molecule has 1 N–H and O–H groups in total. The normalized spacial score (nSPS) is 12.2. The van der Waals surface area contributed by atoms with Crippen molar-refractivity contribution in [1.29, 1.82) is 0 Å². The van der Waals surface area contributed by atoms with E-state index in [1.165, 1.54) is 0 Å². The second-order valence-electron chi connectivity index (χ2n) is 3.55. The van der Waals surface area contributed by atoms with E-state index in [2.05, 4.69) is 4.98 Å². The minimum atomic E-state index is -0.505. The topological polar surface area (TPSA) is 54.8 Å². The van der Waals surface area contributed by atoms with Crippen LogP contribution in [0.15, 0.2) is 18.3 Å². The third-order valence-corrected chi connectivity index (χ3v) is 2.21. The maximum absolute atomic E-state index is 9.59. The number of ether oxygens (including phenoxy) is 2. The van der Waals surface area contributed by atoms with Crippen LogP contribution in [0.5, 0.6) is 5.88 Å². The van der Waals surface area contributed by atoms with Crippen LogP contribution in [0.25, 0.3) is 0 Å². The summed E-state index contributed by atoms with van der Waals surface area (Å²) in [5, 5.41) is 9.59. The van der Waals surface area contributed by atoms with Crippen LogP contribution in [0.1, 0.15) is 0 Å². The van der Waals surface area contributed by atoms with E-state index in [9.17, 15) is 5.11 Å². The number of likely N-dealkylation sites (N-methyl/N-ethyl adjacent to an activating group) is 1. The van der Waals surface area contributed by atoms with Gasteiger partial charge in [-0.2, -0.15) is 0 Å². The lowest BCUT2D eigenvalue weighted by atomic mass is 10.3. The molecule has 0 aliphatic heterocycles. The number of nitrogens with zero attached hydrogens (tertiary/aromatic N) is 2. The number of anilines is 1. The number of rotatable bonds is 6. The van der Waals surface area contributed by atoms with Crippen molar-refractivity contribution in [1.82, 2.24) is 4.98 Å². The van der Waals surface area contributed by atoms with Crippen molar-refractivity contribution in [3.63, 3.8) is 0 Å². The molecule has 0 fully saturated rings. The highest BCUT2D eigenvalue weighted by Crippen LogP contribution is 2.17. The lowest BCUT2D eigenvalue weighted by Crippen LogP contribution is -2.31. The molecular formula is C11H18N2O3. The highest BCUT2D eigenvalue weighted by molar-refractivity contribution is 5.47. The van der Waals surface area contributed by atoms with Crippen LogP contribution >= 0.6 is 0 Å². The first kappa shape index (κ1) is 12.7. The van der Waals surface area contributed by atoms with Crippen molar-refractivity contribution >= 4 is 5.69 Å². The van der Waals surface area contributed by atoms with Crippen LogP contribution in [0.4, 0.5) is 5.69 Å². The smallest absolute Gasteiger partial charge is 0.214 e. The van der Waals surface area contributed by atoms with Gasteiger partial charge in [0, 0.05) is 38.7 Å². The van der Waals surface area contributed by atoms with Gasteiger partial charge in [-0.3, -0.25) is 0 Å². The fraction of sp³-hybridized carbons (Fsp3) is 0.545.